The van der Waals surface area contributed by atoms with Gasteiger partial charge in [-0.3, -0.25) is 4.79 Å². The second kappa shape index (κ2) is 7.29. The van der Waals surface area contributed by atoms with Crippen LogP contribution in [0.25, 0.3) is 0 Å². The first kappa shape index (κ1) is 17.9. The maximum atomic E-state index is 13.5. The van der Waals surface area contributed by atoms with Crippen LogP contribution >= 0.6 is 0 Å². The van der Waals surface area contributed by atoms with E-state index in [2.05, 4.69) is 52.5 Å². The quantitative estimate of drug-likeness (QED) is 0.832. The van der Waals surface area contributed by atoms with E-state index in [1.54, 1.807) is 11.0 Å². The number of rotatable bonds is 3. The molecule has 2 aliphatic rings. The third-order valence-electron chi connectivity index (χ3n) is 6.13. The van der Waals surface area contributed by atoms with Gasteiger partial charge in [0.15, 0.2) is 0 Å². The Kier molecular flexibility index (Phi) is 4.85. The molecule has 7 heteroatoms. The van der Waals surface area contributed by atoms with Crippen molar-refractivity contribution in [3.05, 3.63) is 35.7 Å². The van der Waals surface area contributed by atoms with E-state index in [-0.39, 0.29) is 5.91 Å². The van der Waals surface area contributed by atoms with Gasteiger partial charge >= 0.3 is 0 Å². The number of benzene rings is 1. The highest BCUT2D eigenvalue weighted by atomic mass is 16.2. The Hall–Kier alpha value is -2.44. The fraction of sp³-hybridized carbons (Fsp3) is 0.600. The normalized spacial score (nSPS) is 19.9. The van der Waals surface area contributed by atoms with Gasteiger partial charge in [0.2, 0.25) is 0 Å². The van der Waals surface area contributed by atoms with Crippen LogP contribution in [0.3, 0.4) is 0 Å². The summed E-state index contributed by atoms with van der Waals surface area (Å²) < 4.78 is 1.71. The summed E-state index contributed by atoms with van der Waals surface area (Å²) in [6.07, 6.45) is 6.54. The highest BCUT2D eigenvalue weighted by Crippen LogP contribution is 2.36. The molecule has 1 saturated heterocycles. The number of carbonyl (C=O) groups is 1. The van der Waals surface area contributed by atoms with Crippen molar-refractivity contribution in [3.8, 4) is 0 Å². The van der Waals surface area contributed by atoms with Crippen LogP contribution in [0.2, 0.25) is 0 Å². The third-order valence-corrected chi connectivity index (χ3v) is 6.13. The minimum Gasteiger partial charge on any atom is -0.368 e. The van der Waals surface area contributed by atoms with Crippen LogP contribution in [0, 0.1) is 13.8 Å². The van der Waals surface area contributed by atoms with E-state index in [1.807, 2.05) is 4.90 Å². The Morgan fingerprint density at radius 1 is 1.04 bits per heavy atom. The molecule has 2 aromatic rings. The highest BCUT2D eigenvalue weighted by Gasteiger charge is 2.45. The van der Waals surface area contributed by atoms with Gasteiger partial charge in [-0.25, -0.2) is 4.68 Å². The molecule has 1 aromatic heterocycles. The standard InChI is InChI=1S/C20H28N6O/c1-16-6-7-18(17(2)14-16)24-10-12-25(13-11-24)19(27)20(8-4-3-5-9-20)26-15-21-22-23-26/h6-7,14-15H,3-5,8-13H2,1-2H3. The summed E-state index contributed by atoms with van der Waals surface area (Å²) >= 11 is 0. The highest BCUT2D eigenvalue weighted by molar-refractivity contribution is 5.85. The van der Waals surface area contributed by atoms with Crippen LogP contribution in [-0.2, 0) is 10.3 Å². The lowest BCUT2D eigenvalue weighted by Crippen LogP contribution is -2.57. The zero-order valence-electron chi connectivity index (χ0n) is 16.3. The van der Waals surface area contributed by atoms with E-state index < -0.39 is 5.54 Å². The molecule has 0 N–H and O–H groups in total. The molecule has 0 bridgehead atoms. The number of nitrogens with zero attached hydrogens (tertiary/aromatic N) is 6. The number of hydrogen-bond acceptors (Lipinski definition) is 5. The van der Waals surface area contributed by atoms with Crippen molar-refractivity contribution in [3.63, 3.8) is 0 Å². The molecule has 1 aromatic carbocycles. The van der Waals surface area contributed by atoms with Crippen molar-refractivity contribution in [2.75, 3.05) is 31.1 Å². The van der Waals surface area contributed by atoms with E-state index in [9.17, 15) is 4.79 Å². The maximum absolute atomic E-state index is 13.5. The Morgan fingerprint density at radius 3 is 2.41 bits per heavy atom. The fourth-order valence-electron chi connectivity index (χ4n) is 4.64. The average molecular weight is 368 g/mol. The molecule has 0 spiro atoms. The van der Waals surface area contributed by atoms with Crippen LogP contribution in [0.4, 0.5) is 5.69 Å². The topological polar surface area (TPSA) is 67.2 Å². The van der Waals surface area contributed by atoms with Gasteiger partial charge in [-0.1, -0.05) is 37.0 Å². The molecule has 2 heterocycles. The zero-order chi connectivity index (χ0) is 18.9. The molecule has 2 fully saturated rings. The lowest BCUT2D eigenvalue weighted by molar-refractivity contribution is -0.144. The molecule has 1 saturated carbocycles. The lowest BCUT2D eigenvalue weighted by Gasteiger charge is -2.43. The van der Waals surface area contributed by atoms with Gasteiger partial charge in [0.1, 0.15) is 11.9 Å². The summed E-state index contributed by atoms with van der Waals surface area (Å²) in [4.78, 5) is 17.9. The van der Waals surface area contributed by atoms with Gasteiger partial charge in [-0.05, 0) is 48.7 Å². The number of hydrogen-bond donors (Lipinski definition) is 0. The Morgan fingerprint density at radius 2 is 1.78 bits per heavy atom. The van der Waals surface area contributed by atoms with Crippen molar-refractivity contribution >= 4 is 11.6 Å². The number of carbonyl (C=O) groups excluding carboxylic acids is 1. The molecular formula is C20H28N6O. The van der Waals surface area contributed by atoms with Crippen molar-refractivity contribution in [2.24, 2.45) is 0 Å². The van der Waals surface area contributed by atoms with Gasteiger partial charge in [0.25, 0.3) is 5.91 Å². The molecule has 0 unspecified atom stereocenters. The number of amides is 1. The van der Waals surface area contributed by atoms with Gasteiger partial charge in [-0.15, -0.1) is 5.10 Å². The summed E-state index contributed by atoms with van der Waals surface area (Å²) in [6, 6.07) is 6.59. The second-order valence-corrected chi connectivity index (χ2v) is 7.92. The number of aryl methyl sites for hydroxylation is 2. The number of aromatic nitrogens is 4. The first-order valence-corrected chi connectivity index (χ1v) is 9.95. The SMILES string of the molecule is Cc1ccc(N2CCN(C(=O)C3(n4cnnn4)CCCCC3)CC2)c(C)c1. The molecule has 0 atom stereocenters. The molecule has 27 heavy (non-hydrogen) atoms. The number of anilines is 1. The minimum atomic E-state index is -0.594. The Bertz CT molecular complexity index is 789. The molecular weight excluding hydrogens is 340 g/mol. The van der Waals surface area contributed by atoms with Gasteiger partial charge in [0, 0.05) is 31.9 Å². The number of piperazine rings is 1. The monoisotopic (exact) mass is 368 g/mol. The average Bonchev–Trinajstić information content (AvgIpc) is 3.24. The molecule has 4 rings (SSSR count). The minimum absolute atomic E-state index is 0.190. The summed E-state index contributed by atoms with van der Waals surface area (Å²) in [5.41, 5.74) is 3.27. The van der Waals surface area contributed by atoms with Gasteiger partial charge in [-0.2, -0.15) is 0 Å². The molecule has 1 amide bonds. The van der Waals surface area contributed by atoms with E-state index in [0.717, 1.165) is 51.9 Å². The molecule has 144 valence electrons. The van der Waals surface area contributed by atoms with Crippen molar-refractivity contribution in [1.29, 1.82) is 0 Å². The molecule has 1 aliphatic carbocycles. The van der Waals surface area contributed by atoms with E-state index in [1.165, 1.54) is 23.2 Å². The largest absolute Gasteiger partial charge is 0.368 e. The van der Waals surface area contributed by atoms with Crippen molar-refractivity contribution in [2.45, 2.75) is 51.5 Å². The van der Waals surface area contributed by atoms with E-state index in [0.29, 0.717) is 0 Å². The number of tetrazole rings is 1. The molecule has 0 radical (unpaired) electrons. The first-order chi connectivity index (χ1) is 13.1. The van der Waals surface area contributed by atoms with Crippen LogP contribution in [0.15, 0.2) is 24.5 Å². The van der Waals surface area contributed by atoms with Gasteiger partial charge in [0.05, 0.1) is 0 Å². The van der Waals surface area contributed by atoms with Crippen LogP contribution in [0.1, 0.15) is 43.2 Å². The molecule has 1 aliphatic heterocycles. The third kappa shape index (κ3) is 3.31. The van der Waals surface area contributed by atoms with E-state index in [4.69, 9.17) is 0 Å². The molecule has 7 nitrogen and oxygen atoms in total. The Balaban J connectivity index is 1.49. The first-order valence-electron chi connectivity index (χ1n) is 9.95. The predicted molar refractivity (Wildman–Crippen MR) is 104 cm³/mol. The van der Waals surface area contributed by atoms with Crippen molar-refractivity contribution < 1.29 is 4.79 Å². The van der Waals surface area contributed by atoms with Crippen molar-refractivity contribution in [1.82, 2.24) is 25.1 Å². The van der Waals surface area contributed by atoms with Crippen LogP contribution in [0.5, 0.6) is 0 Å². The van der Waals surface area contributed by atoms with Crippen LogP contribution < -0.4 is 4.90 Å². The summed E-state index contributed by atoms with van der Waals surface area (Å²) in [5.74, 6) is 0.190. The van der Waals surface area contributed by atoms with Crippen LogP contribution in [-0.4, -0.2) is 57.2 Å². The summed E-state index contributed by atoms with van der Waals surface area (Å²) in [5, 5.41) is 11.7. The smallest absolute Gasteiger partial charge is 0.250 e. The summed E-state index contributed by atoms with van der Waals surface area (Å²) in [7, 11) is 0. The maximum Gasteiger partial charge on any atom is 0.250 e. The fourth-order valence-corrected chi connectivity index (χ4v) is 4.64. The second-order valence-electron chi connectivity index (χ2n) is 7.92. The summed E-state index contributed by atoms with van der Waals surface area (Å²) in [6.45, 7) is 7.50. The van der Waals surface area contributed by atoms with E-state index >= 15 is 0 Å². The predicted octanol–water partition coefficient (Wildman–Crippen LogP) is 2.30. The van der Waals surface area contributed by atoms with Gasteiger partial charge < -0.3 is 9.80 Å². The Labute approximate surface area is 160 Å². The lowest BCUT2D eigenvalue weighted by atomic mass is 9.80. The zero-order valence-corrected chi connectivity index (χ0v) is 16.3.